The highest BCUT2D eigenvalue weighted by Gasteiger charge is 2.52. The normalized spacial score (nSPS) is 29.5. The van der Waals surface area contributed by atoms with Gasteiger partial charge in [-0.2, -0.15) is 0 Å². The summed E-state index contributed by atoms with van der Waals surface area (Å²) in [4.78, 5) is 0. The molecule has 0 aliphatic carbocycles. The first-order valence-corrected chi connectivity index (χ1v) is 11.6. The zero-order valence-electron chi connectivity index (χ0n) is 19.6. The number of hydrogen-bond donors (Lipinski definition) is 0. The maximum absolute atomic E-state index is 6.47. The number of rotatable bonds is 9. The van der Waals surface area contributed by atoms with E-state index in [0.717, 1.165) is 11.1 Å². The van der Waals surface area contributed by atoms with Gasteiger partial charge in [0.15, 0.2) is 18.7 Å². The van der Waals surface area contributed by atoms with Crippen molar-refractivity contribution in [3.8, 4) is 0 Å². The summed E-state index contributed by atoms with van der Waals surface area (Å²) in [6.45, 7) is 11.3. The molecule has 2 aliphatic rings. The lowest BCUT2D eigenvalue weighted by atomic mass is 9.97. The Bertz CT molecular complexity index is 871. The standard InChI is InChI=1S/C27H34O6/c1-18(2)15-29-27-25(31-19(3)4)24(28-16-20-11-7-5-8-12-20)23-22(32-27)17-30-26(33-23)21-13-9-6-10-14-21/h5-14,18,22-27H,3,15-17H2,1-2,4H3/t22-,23-,24-,25-,26-,27-/m1/s1. The van der Waals surface area contributed by atoms with E-state index in [1.807, 2.05) is 67.6 Å². The van der Waals surface area contributed by atoms with Crippen molar-refractivity contribution in [2.45, 2.75) is 64.4 Å². The van der Waals surface area contributed by atoms with Crippen molar-refractivity contribution in [2.75, 3.05) is 13.2 Å². The lowest BCUT2D eigenvalue weighted by molar-refractivity contribution is -0.368. The molecule has 2 saturated heterocycles. The lowest BCUT2D eigenvalue weighted by Crippen LogP contribution is -2.63. The Morgan fingerprint density at radius 2 is 1.67 bits per heavy atom. The molecule has 33 heavy (non-hydrogen) atoms. The molecular weight excluding hydrogens is 420 g/mol. The summed E-state index contributed by atoms with van der Waals surface area (Å²) < 4.78 is 37.5. The molecule has 0 unspecified atom stereocenters. The van der Waals surface area contributed by atoms with E-state index < -0.39 is 30.9 Å². The van der Waals surface area contributed by atoms with E-state index in [4.69, 9.17) is 28.4 Å². The molecule has 2 aliphatic heterocycles. The van der Waals surface area contributed by atoms with E-state index in [9.17, 15) is 0 Å². The molecule has 0 saturated carbocycles. The zero-order chi connectivity index (χ0) is 23.2. The van der Waals surface area contributed by atoms with Crippen LogP contribution in [0.4, 0.5) is 0 Å². The van der Waals surface area contributed by atoms with Gasteiger partial charge in [0.25, 0.3) is 0 Å². The number of fused-ring (bicyclic) bond motifs is 1. The van der Waals surface area contributed by atoms with Crippen LogP contribution in [0.5, 0.6) is 0 Å². The maximum Gasteiger partial charge on any atom is 0.197 e. The zero-order valence-corrected chi connectivity index (χ0v) is 19.6. The Kier molecular flexibility index (Phi) is 8.17. The predicted molar refractivity (Wildman–Crippen MR) is 124 cm³/mol. The molecule has 2 aromatic rings. The van der Waals surface area contributed by atoms with E-state index >= 15 is 0 Å². The molecule has 6 nitrogen and oxygen atoms in total. The van der Waals surface area contributed by atoms with Gasteiger partial charge in [0.05, 0.1) is 25.6 Å². The summed E-state index contributed by atoms with van der Waals surface area (Å²) in [5.41, 5.74) is 2.02. The van der Waals surface area contributed by atoms with Crippen LogP contribution in [0, 0.1) is 5.92 Å². The Balaban J connectivity index is 1.59. The molecule has 4 rings (SSSR count). The van der Waals surface area contributed by atoms with Gasteiger partial charge in [-0.15, -0.1) is 0 Å². The van der Waals surface area contributed by atoms with Crippen LogP contribution < -0.4 is 0 Å². The number of ether oxygens (including phenoxy) is 6. The SMILES string of the molecule is C=C(C)O[C@H]1[C@H](OCC(C)C)O[C@@H]2CO[C@@H](c3ccccc3)O[C@H]2[C@H]1OCc1ccccc1. The van der Waals surface area contributed by atoms with Gasteiger partial charge in [0.1, 0.15) is 18.3 Å². The molecule has 6 atom stereocenters. The summed E-state index contributed by atoms with van der Waals surface area (Å²) in [6.07, 6.45) is -2.82. The summed E-state index contributed by atoms with van der Waals surface area (Å²) >= 11 is 0. The van der Waals surface area contributed by atoms with E-state index in [0.29, 0.717) is 31.5 Å². The highest BCUT2D eigenvalue weighted by atomic mass is 16.8. The van der Waals surface area contributed by atoms with Crippen LogP contribution in [0.25, 0.3) is 0 Å². The van der Waals surface area contributed by atoms with Crippen LogP contribution in [0.3, 0.4) is 0 Å². The number of allylic oxidation sites excluding steroid dienone is 1. The van der Waals surface area contributed by atoms with Crippen LogP contribution in [0.1, 0.15) is 38.2 Å². The molecule has 0 aromatic heterocycles. The van der Waals surface area contributed by atoms with E-state index in [1.54, 1.807) is 0 Å². The topological polar surface area (TPSA) is 55.4 Å². The first kappa shape index (κ1) is 23.9. The van der Waals surface area contributed by atoms with Crippen LogP contribution >= 0.6 is 0 Å². The average Bonchev–Trinajstić information content (AvgIpc) is 2.82. The van der Waals surface area contributed by atoms with Gasteiger partial charge in [-0.05, 0) is 18.4 Å². The summed E-state index contributed by atoms with van der Waals surface area (Å²) in [6, 6.07) is 20.0. The second kappa shape index (κ2) is 11.3. The Hall–Kier alpha value is -2.22. The fourth-order valence-corrected chi connectivity index (χ4v) is 4.06. The molecule has 0 amide bonds. The van der Waals surface area contributed by atoms with Gasteiger partial charge < -0.3 is 28.4 Å². The third kappa shape index (κ3) is 6.22. The Morgan fingerprint density at radius 3 is 2.33 bits per heavy atom. The number of hydrogen-bond acceptors (Lipinski definition) is 6. The minimum Gasteiger partial charge on any atom is -0.488 e. The van der Waals surface area contributed by atoms with Crippen molar-refractivity contribution in [2.24, 2.45) is 5.92 Å². The quantitative estimate of drug-likeness (QED) is 0.497. The largest absolute Gasteiger partial charge is 0.488 e. The van der Waals surface area contributed by atoms with Gasteiger partial charge in [-0.1, -0.05) is 81.1 Å². The molecule has 0 spiro atoms. The average molecular weight is 455 g/mol. The lowest BCUT2D eigenvalue weighted by Gasteiger charge is -2.49. The van der Waals surface area contributed by atoms with Gasteiger partial charge in [-0.3, -0.25) is 0 Å². The fraction of sp³-hybridized carbons (Fsp3) is 0.481. The van der Waals surface area contributed by atoms with Gasteiger partial charge >= 0.3 is 0 Å². The van der Waals surface area contributed by atoms with E-state index in [2.05, 4.69) is 20.4 Å². The molecule has 0 radical (unpaired) electrons. The highest BCUT2D eigenvalue weighted by Crippen LogP contribution is 2.37. The predicted octanol–water partition coefficient (Wildman–Crippen LogP) is 5.00. The molecule has 2 aromatic carbocycles. The van der Waals surface area contributed by atoms with Crippen molar-refractivity contribution >= 4 is 0 Å². The highest BCUT2D eigenvalue weighted by molar-refractivity contribution is 5.17. The van der Waals surface area contributed by atoms with Gasteiger partial charge in [0, 0.05) is 5.56 Å². The summed E-state index contributed by atoms with van der Waals surface area (Å²) in [5, 5.41) is 0. The van der Waals surface area contributed by atoms with Gasteiger partial charge in [-0.25, -0.2) is 0 Å². The minimum absolute atomic E-state index is 0.340. The number of benzene rings is 2. The van der Waals surface area contributed by atoms with Crippen LogP contribution in [0.15, 0.2) is 73.0 Å². The molecule has 2 heterocycles. The smallest absolute Gasteiger partial charge is 0.197 e. The third-order valence-corrected chi connectivity index (χ3v) is 5.57. The van der Waals surface area contributed by atoms with Crippen molar-refractivity contribution in [3.05, 3.63) is 84.1 Å². The summed E-state index contributed by atoms with van der Waals surface area (Å²) in [7, 11) is 0. The van der Waals surface area contributed by atoms with Crippen molar-refractivity contribution in [1.82, 2.24) is 0 Å². The first-order chi connectivity index (χ1) is 16.0. The molecule has 0 N–H and O–H groups in total. The van der Waals surface area contributed by atoms with E-state index in [1.165, 1.54) is 0 Å². The Morgan fingerprint density at radius 1 is 0.970 bits per heavy atom. The Labute approximate surface area is 196 Å². The van der Waals surface area contributed by atoms with Crippen molar-refractivity contribution in [3.63, 3.8) is 0 Å². The molecule has 6 heteroatoms. The molecule has 2 fully saturated rings. The molecular formula is C27H34O6. The maximum atomic E-state index is 6.47. The van der Waals surface area contributed by atoms with Crippen LogP contribution in [-0.2, 0) is 35.0 Å². The third-order valence-electron chi connectivity index (χ3n) is 5.57. The van der Waals surface area contributed by atoms with Crippen LogP contribution in [-0.4, -0.2) is 43.9 Å². The molecule has 0 bridgehead atoms. The summed E-state index contributed by atoms with van der Waals surface area (Å²) in [5.74, 6) is 0.919. The van der Waals surface area contributed by atoms with Crippen molar-refractivity contribution in [1.29, 1.82) is 0 Å². The molecule has 178 valence electrons. The monoisotopic (exact) mass is 454 g/mol. The van der Waals surface area contributed by atoms with Crippen molar-refractivity contribution < 1.29 is 28.4 Å². The van der Waals surface area contributed by atoms with Crippen LogP contribution in [0.2, 0.25) is 0 Å². The fourth-order valence-electron chi connectivity index (χ4n) is 4.06. The first-order valence-electron chi connectivity index (χ1n) is 11.6. The van der Waals surface area contributed by atoms with Gasteiger partial charge in [0.2, 0.25) is 0 Å². The van der Waals surface area contributed by atoms with E-state index in [-0.39, 0.29) is 6.10 Å². The minimum atomic E-state index is -0.619. The second-order valence-electron chi connectivity index (χ2n) is 8.99. The second-order valence-corrected chi connectivity index (χ2v) is 8.99.